The lowest BCUT2D eigenvalue weighted by molar-refractivity contribution is 1.63. The molecule has 148 valence electrons. The maximum Gasteiger partial charge on any atom is -0.00259 e. The van der Waals surface area contributed by atoms with E-state index < -0.39 is 0 Å². The summed E-state index contributed by atoms with van der Waals surface area (Å²) in [5.74, 6) is 0. The summed E-state index contributed by atoms with van der Waals surface area (Å²) in [6.07, 6.45) is 0. The summed E-state index contributed by atoms with van der Waals surface area (Å²) in [5.41, 5.74) is 10.5. The van der Waals surface area contributed by atoms with E-state index in [1.54, 1.807) is 0 Å². The highest BCUT2D eigenvalue weighted by atomic mass is 14.2. The zero-order chi connectivity index (χ0) is 21.1. The van der Waals surface area contributed by atoms with Crippen LogP contribution in [0.15, 0.2) is 121 Å². The van der Waals surface area contributed by atoms with Gasteiger partial charge >= 0.3 is 0 Å². The third kappa shape index (κ3) is 2.44. The van der Waals surface area contributed by atoms with Gasteiger partial charge in [0.1, 0.15) is 0 Å². The molecule has 0 saturated heterocycles. The molecule has 1 aliphatic rings. The molecule has 0 amide bonds. The Hall–Kier alpha value is -4.16. The fourth-order valence-corrected chi connectivity index (χ4v) is 5.39. The minimum absolute atomic E-state index is 1.26. The van der Waals surface area contributed by atoms with Crippen LogP contribution in [-0.4, -0.2) is 0 Å². The van der Waals surface area contributed by atoms with Crippen LogP contribution in [0.1, 0.15) is 0 Å². The van der Waals surface area contributed by atoms with Crippen molar-refractivity contribution in [3.8, 4) is 44.5 Å². The molecule has 0 heterocycles. The lowest BCUT2D eigenvalue weighted by atomic mass is 9.90. The number of hydrogen-bond donors (Lipinski definition) is 0. The average Bonchev–Trinajstić information content (AvgIpc) is 3.19. The van der Waals surface area contributed by atoms with Gasteiger partial charge in [-0.25, -0.2) is 0 Å². The molecule has 7 rings (SSSR count). The molecule has 0 unspecified atom stereocenters. The fraction of sp³-hybridized carbons (Fsp3) is 0. The summed E-state index contributed by atoms with van der Waals surface area (Å²) in [6, 6.07) is 44.3. The van der Waals surface area contributed by atoms with Crippen molar-refractivity contribution in [1.82, 2.24) is 0 Å². The standard InChI is InChI=1S/C32H20/c1-2-9-21(10-3-1)24-17-18-25(27-13-5-4-12-26(24)27)23-19-22-11-8-16-30-28-14-6-7-15-29(28)31(20-23)32(22)30/h1-20H. The van der Waals surface area contributed by atoms with Crippen molar-refractivity contribution in [2.75, 3.05) is 0 Å². The Morgan fingerprint density at radius 2 is 0.906 bits per heavy atom. The Balaban J connectivity index is 1.52. The Morgan fingerprint density at radius 3 is 1.66 bits per heavy atom. The Morgan fingerprint density at radius 1 is 0.312 bits per heavy atom. The molecule has 1 aliphatic carbocycles. The van der Waals surface area contributed by atoms with Gasteiger partial charge in [-0.15, -0.1) is 0 Å². The van der Waals surface area contributed by atoms with Crippen LogP contribution in [-0.2, 0) is 0 Å². The minimum Gasteiger partial charge on any atom is -0.0622 e. The van der Waals surface area contributed by atoms with E-state index in [0.717, 1.165) is 0 Å². The van der Waals surface area contributed by atoms with Gasteiger partial charge in [-0.05, 0) is 78.2 Å². The molecule has 0 N–H and O–H groups in total. The maximum atomic E-state index is 2.39. The van der Waals surface area contributed by atoms with Crippen molar-refractivity contribution < 1.29 is 0 Å². The highest BCUT2D eigenvalue weighted by Gasteiger charge is 2.22. The molecule has 0 spiro atoms. The number of rotatable bonds is 2. The van der Waals surface area contributed by atoms with E-state index in [2.05, 4.69) is 121 Å². The zero-order valence-electron chi connectivity index (χ0n) is 17.5. The van der Waals surface area contributed by atoms with Crippen LogP contribution in [0.3, 0.4) is 0 Å². The SMILES string of the molecule is c1ccc(-c2ccc(-c3cc4c5c(cccc5c3)-c3ccccc3-4)c3ccccc23)cc1. The third-order valence-electron chi connectivity index (χ3n) is 6.80. The monoisotopic (exact) mass is 404 g/mol. The van der Waals surface area contributed by atoms with Crippen LogP contribution >= 0.6 is 0 Å². The highest BCUT2D eigenvalue weighted by Crippen LogP contribution is 2.49. The maximum absolute atomic E-state index is 2.39. The van der Waals surface area contributed by atoms with Crippen molar-refractivity contribution >= 4 is 21.5 Å². The summed E-state index contributed by atoms with van der Waals surface area (Å²) in [5, 5.41) is 5.27. The minimum atomic E-state index is 1.26. The Bertz CT molecular complexity index is 1660. The van der Waals surface area contributed by atoms with E-state index in [1.165, 1.54) is 66.1 Å². The first-order valence-corrected chi connectivity index (χ1v) is 11.1. The van der Waals surface area contributed by atoms with E-state index in [-0.39, 0.29) is 0 Å². The molecule has 6 aromatic carbocycles. The highest BCUT2D eigenvalue weighted by molar-refractivity contribution is 6.17. The topological polar surface area (TPSA) is 0 Å². The van der Waals surface area contributed by atoms with Crippen molar-refractivity contribution in [3.63, 3.8) is 0 Å². The second-order valence-electron chi connectivity index (χ2n) is 8.55. The van der Waals surface area contributed by atoms with Crippen LogP contribution in [0.2, 0.25) is 0 Å². The molecule has 0 fully saturated rings. The molecule has 0 aliphatic heterocycles. The van der Waals surface area contributed by atoms with Gasteiger partial charge in [-0.2, -0.15) is 0 Å². The van der Waals surface area contributed by atoms with E-state index >= 15 is 0 Å². The Labute approximate surface area is 187 Å². The molecular formula is C32H20. The molecule has 0 radical (unpaired) electrons. The third-order valence-corrected chi connectivity index (χ3v) is 6.80. The van der Waals surface area contributed by atoms with E-state index in [9.17, 15) is 0 Å². The molecular weight excluding hydrogens is 384 g/mol. The predicted molar refractivity (Wildman–Crippen MR) is 137 cm³/mol. The molecule has 0 saturated carbocycles. The van der Waals surface area contributed by atoms with Gasteiger partial charge in [0.2, 0.25) is 0 Å². The fourth-order valence-electron chi connectivity index (χ4n) is 5.39. The number of fused-ring (bicyclic) bond motifs is 4. The van der Waals surface area contributed by atoms with Crippen molar-refractivity contribution in [2.24, 2.45) is 0 Å². The molecule has 32 heavy (non-hydrogen) atoms. The Kier molecular flexibility index (Phi) is 3.65. The normalized spacial score (nSPS) is 11.8. The van der Waals surface area contributed by atoms with Crippen molar-refractivity contribution in [3.05, 3.63) is 121 Å². The van der Waals surface area contributed by atoms with Crippen LogP contribution < -0.4 is 0 Å². The van der Waals surface area contributed by atoms with Gasteiger partial charge < -0.3 is 0 Å². The molecule has 0 nitrogen and oxygen atoms in total. The second kappa shape index (κ2) is 6.67. The summed E-state index contributed by atoms with van der Waals surface area (Å²) >= 11 is 0. The van der Waals surface area contributed by atoms with Gasteiger partial charge in [0.15, 0.2) is 0 Å². The van der Waals surface area contributed by atoms with Gasteiger partial charge in [0.05, 0.1) is 0 Å². The van der Waals surface area contributed by atoms with Gasteiger partial charge in [0.25, 0.3) is 0 Å². The van der Waals surface area contributed by atoms with Crippen LogP contribution in [0, 0.1) is 0 Å². The number of benzene rings is 6. The smallest absolute Gasteiger partial charge is 0.00259 e. The van der Waals surface area contributed by atoms with Crippen molar-refractivity contribution in [2.45, 2.75) is 0 Å². The quantitative estimate of drug-likeness (QED) is 0.270. The van der Waals surface area contributed by atoms with Crippen molar-refractivity contribution in [1.29, 1.82) is 0 Å². The average molecular weight is 405 g/mol. The first-order chi connectivity index (χ1) is 15.9. The summed E-state index contributed by atoms with van der Waals surface area (Å²) in [6.45, 7) is 0. The van der Waals surface area contributed by atoms with Crippen LogP contribution in [0.25, 0.3) is 66.1 Å². The molecule has 0 aromatic heterocycles. The molecule has 0 atom stereocenters. The van der Waals surface area contributed by atoms with Crippen LogP contribution in [0.5, 0.6) is 0 Å². The van der Waals surface area contributed by atoms with Crippen LogP contribution in [0.4, 0.5) is 0 Å². The summed E-state index contributed by atoms with van der Waals surface area (Å²) < 4.78 is 0. The first kappa shape index (κ1) is 17.5. The number of hydrogen-bond acceptors (Lipinski definition) is 0. The largest absolute Gasteiger partial charge is 0.0622 e. The van der Waals surface area contributed by atoms with E-state index in [4.69, 9.17) is 0 Å². The van der Waals surface area contributed by atoms with Gasteiger partial charge in [-0.3, -0.25) is 0 Å². The van der Waals surface area contributed by atoms with Gasteiger partial charge in [-0.1, -0.05) is 109 Å². The lowest BCUT2D eigenvalue weighted by Gasteiger charge is -2.14. The second-order valence-corrected chi connectivity index (χ2v) is 8.55. The predicted octanol–water partition coefficient (Wildman–Crippen LogP) is 8.97. The van der Waals surface area contributed by atoms with E-state index in [1.807, 2.05) is 0 Å². The van der Waals surface area contributed by atoms with E-state index in [0.29, 0.717) is 0 Å². The summed E-state index contributed by atoms with van der Waals surface area (Å²) in [4.78, 5) is 0. The molecule has 6 aromatic rings. The van der Waals surface area contributed by atoms with Gasteiger partial charge in [0, 0.05) is 0 Å². The first-order valence-electron chi connectivity index (χ1n) is 11.1. The summed E-state index contributed by atoms with van der Waals surface area (Å²) in [7, 11) is 0. The molecule has 0 bridgehead atoms. The zero-order valence-corrected chi connectivity index (χ0v) is 17.5. The lowest BCUT2D eigenvalue weighted by Crippen LogP contribution is -1.87. The molecule has 0 heteroatoms.